The number of carbonyl (C=O) groups excluding carboxylic acids is 2. The van der Waals surface area contributed by atoms with Crippen LogP contribution in [0.3, 0.4) is 0 Å². The third-order valence-electron chi connectivity index (χ3n) is 5.25. The Morgan fingerprint density at radius 1 is 1.16 bits per heavy atom. The maximum Gasteiger partial charge on any atom is 0.258 e. The number of hydrogen-bond donors (Lipinski definition) is 1. The van der Waals surface area contributed by atoms with Crippen molar-refractivity contribution >= 4 is 17.5 Å². The molecule has 162 valence electrons. The number of terminal acetylenes is 1. The lowest BCUT2D eigenvalue weighted by atomic mass is 10.1. The standard InChI is InChI=1S/C25H29N3O3/c1-5-20-7-6-8-23(13-20)28(17-24(29)26-4)25(30)22-11-9-21(10-12-22)16-27-14-18(2)31-19(3)15-27/h1,6-13,18-19H,14-17H2,2-4H3,(H,26,29). The van der Waals surface area contributed by atoms with Gasteiger partial charge >= 0.3 is 0 Å². The highest BCUT2D eigenvalue weighted by atomic mass is 16.5. The molecule has 0 saturated carbocycles. The van der Waals surface area contributed by atoms with E-state index in [1.54, 1.807) is 31.3 Å². The fourth-order valence-electron chi connectivity index (χ4n) is 3.85. The minimum absolute atomic E-state index is 0.0886. The number of hydrogen-bond acceptors (Lipinski definition) is 4. The third kappa shape index (κ3) is 5.94. The molecule has 6 nitrogen and oxygen atoms in total. The second-order valence-electron chi connectivity index (χ2n) is 7.91. The molecule has 3 rings (SSSR count). The normalized spacial score (nSPS) is 18.8. The number of nitrogens with one attached hydrogen (secondary N) is 1. The van der Waals surface area contributed by atoms with Crippen LogP contribution in [0.25, 0.3) is 0 Å². The minimum Gasteiger partial charge on any atom is -0.373 e. The molecule has 31 heavy (non-hydrogen) atoms. The van der Waals surface area contributed by atoms with Crippen LogP contribution in [0.4, 0.5) is 5.69 Å². The molecule has 1 heterocycles. The van der Waals surface area contributed by atoms with E-state index in [0.717, 1.165) is 25.2 Å². The first kappa shape index (κ1) is 22.5. The molecule has 0 radical (unpaired) electrons. The van der Waals surface area contributed by atoms with Gasteiger partial charge in [-0.15, -0.1) is 6.42 Å². The molecular formula is C25H29N3O3. The molecule has 2 unspecified atom stereocenters. The lowest BCUT2D eigenvalue weighted by molar-refractivity contribution is -0.119. The highest BCUT2D eigenvalue weighted by Gasteiger charge is 2.23. The summed E-state index contributed by atoms with van der Waals surface area (Å²) < 4.78 is 5.79. The van der Waals surface area contributed by atoms with Gasteiger partial charge in [-0.3, -0.25) is 19.4 Å². The van der Waals surface area contributed by atoms with Gasteiger partial charge in [-0.1, -0.05) is 24.1 Å². The van der Waals surface area contributed by atoms with Crippen LogP contribution in [0.2, 0.25) is 0 Å². The van der Waals surface area contributed by atoms with Crippen LogP contribution in [-0.4, -0.2) is 55.6 Å². The summed E-state index contributed by atoms with van der Waals surface area (Å²) in [6.45, 7) is 6.65. The fourth-order valence-corrected chi connectivity index (χ4v) is 3.85. The number of benzene rings is 2. The topological polar surface area (TPSA) is 61.9 Å². The molecule has 0 spiro atoms. The molecular weight excluding hydrogens is 390 g/mol. The Bertz CT molecular complexity index is 955. The number of anilines is 1. The zero-order valence-electron chi connectivity index (χ0n) is 18.3. The molecule has 1 fully saturated rings. The molecule has 6 heteroatoms. The second kappa shape index (κ2) is 10.3. The van der Waals surface area contributed by atoms with E-state index in [1.807, 2.05) is 24.3 Å². The molecule has 1 aliphatic rings. The molecule has 2 aromatic carbocycles. The largest absolute Gasteiger partial charge is 0.373 e. The van der Waals surface area contributed by atoms with Crippen LogP contribution < -0.4 is 10.2 Å². The van der Waals surface area contributed by atoms with E-state index in [4.69, 9.17) is 11.2 Å². The third-order valence-corrected chi connectivity index (χ3v) is 5.25. The lowest BCUT2D eigenvalue weighted by Gasteiger charge is -2.35. The van der Waals surface area contributed by atoms with Crippen LogP contribution in [-0.2, 0) is 16.1 Å². The van der Waals surface area contributed by atoms with Gasteiger partial charge in [0.15, 0.2) is 0 Å². The molecule has 0 aliphatic carbocycles. The van der Waals surface area contributed by atoms with E-state index in [0.29, 0.717) is 16.8 Å². The van der Waals surface area contributed by atoms with Crippen LogP contribution in [0.15, 0.2) is 48.5 Å². The Hall–Kier alpha value is -3.14. The van der Waals surface area contributed by atoms with E-state index >= 15 is 0 Å². The van der Waals surface area contributed by atoms with Gasteiger partial charge < -0.3 is 10.1 Å². The first-order chi connectivity index (χ1) is 14.9. The zero-order valence-corrected chi connectivity index (χ0v) is 18.3. The van der Waals surface area contributed by atoms with Crippen molar-refractivity contribution in [2.45, 2.75) is 32.6 Å². The summed E-state index contributed by atoms with van der Waals surface area (Å²) in [4.78, 5) is 29.1. The molecule has 2 aromatic rings. The van der Waals surface area contributed by atoms with Crippen molar-refractivity contribution in [1.82, 2.24) is 10.2 Å². The molecule has 1 aliphatic heterocycles. The van der Waals surface area contributed by atoms with Gasteiger partial charge in [-0.05, 0) is 49.7 Å². The summed E-state index contributed by atoms with van der Waals surface area (Å²) in [7, 11) is 1.55. The van der Waals surface area contributed by atoms with Crippen molar-refractivity contribution in [3.63, 3.8) is 0 Å². The first-order valence-corrected chi connectivity index (χ1v) is 10.5. The van der Waals surface area contributed by atoms with Gasteiger partial charge in [-0.25, -0.2) is 0 Å². The average Bonchev–Trinajstić information content (AvgIpc) is 2.76. The van der Waals surface area contributed by atoms with Gasteiger partial charge in [0.05, 0.1) is 12.2 Å². The second-order valence-corrected chi connectivity index (χ2v) is 7.91. The summed E-state index contributed by atoms with van der Waals surface area (Å²) in [5, 5.41) is 2.57. The van der Waals surface area contributed by atoms with Crippen molar-refractivity contribution in [2.75, 3.05) is 31.6 Å². The van der Waals surface area contributed by atoms with Gasteiger partial charge in [0.2, 0.25) is 5.91 Å². The van der Waals surface area contributed by atoms with E-state index in [-0.39, 0.29) is 30.6 Å². The molecule has 2 atom stereocenters. The quantitative estimate of drug-likeness (QED) is 0.732. The Morgan fingerprint density at radius 3 is 2.45 bits per heavy atom. The summed E-state index contributed by atoms with van der Waals surface area (Å²) in [6, 6.07) is 14.6. The van der Waals surface area contributed by atoms with Crippen molar-refractivity contribution in [3.8, 4) is 12.3 Å². The maximum absolute atomic E-state index is 13.3. The predicted molar refractivity (Wildman–Crippen MR) is 122 cm³/mol. The SMILES string of the molecule is C#Cc1cccc(N(CC(=O)NC)C(=O)c2ccc(CN3CC(C)OC(C)C3)cc2)c1. The summed E-state index contributed by atoms with van der Waals surface area (Å²) in [5.41, 5.74) is 2.88. The summed E-state index contributed by atoms with van der Waals surface area (Å²) in [6.07, 6.45) is 5.92. The number of likely N-dealkylation sites (N-methyl/N-ethyl adjacent to an activating group) is 1. The Balaban J connectivity index is 1.77. The van der Waals surface area contributed by atoms with Gasteiger partial charge in [-0.2, -0.15) is 0 Å². The van der Waals surface area contributed by atoms with E-state index in [9.17, 15) is 9.59 Å². The molecule has 0 bridgehead atoms. The van der Waals surface area contributed by atoms with Crippen molar-refractivity contribution < 1.29 is 14.3 Å². The summed E-state index contributed by atoms with van der Waals surface area (Å²) >= 11 is 0. The minimum atomic E-state index is -0.258. The number of nitrogens with zero attached hydrogens (tertiary/aromatic N) is 2. The van der Waals surface area contributed by atoms with E-state index in [1.165, 1.54) is 4.90 Å². The molecule has 0 aromatic heterocycles. The van der Waals surface area contributed by atoms with Crippen molar-refractivity contribution in [2.24, 2.45) is 0 Å². The number of carbonyl (C=O) groups is 2. The highest BCUT2D eigenvalue weighted by Crippen LogP contribution is 2.20. The Labute approximate surface area is 184 Å². The van der Waals surface area contributed by atoms with Gasteiger partial charge in [0.1, 0.15) is 6.54 Å². The smallest absolute Gasteiger partial charge is 0.258 e. The first-order valence-electron chi connectivity index (χ1n) is 10.5. The Morgan fingerprint density at radius 2 is 1.84 bits per heavy atom. The van der Waals surface area contributed by atoms with Crippen molar-refractivity contribution in [1.29, 1.82) is 0 Å². The van der Waals surface area contributed by atoms with Crippen LogP contribution in [0, 0.1) is 12.3 Å². The lowest BCUT2D eigenvalue weighted by Crippen LogP contribution is -2.44. The van der Waals surface area contributed by atoms with Gasteiger partial charge in [0, 0.05) is 43.5 Å². The summed E-state index contributed by atoms with van der Waals surface area (Å²) in [5.74, 6) is 2.06. The molecule has 1 saturated heterocycles. The fraction of sp³-hybridized carbons (Fsp3) is 0.360. The Kier molecular flexibility index (Phi) is 7.45. The molecule has 1 N–H and O–H groups in total. The van der Waals surface area contributed by atoms with Crippen LogP contribution in [0.1, 0.15) is 35.3 Å². The molecule has 2 amide bonds. The van der Waals surface area contributed by atoms with Crippen LogP contribution >= 0.6 is 0 Å². The maximum atomic E-state index is 13.3. The van der Waals surface area contributed by atoms with Crippen LogP contribution in [0.5, 0.6) is 0 Å². The average molecular weight is 420 g/mol. The monoisotopic (exact) mass is 419 g/mol. The number of morpholine rings is 1. The number of amides is 2. The number of rotatable bonds is 6. The van der Waals surface area contributed by atoms with Gasteiger partial charge in [0.25, 0.3) is 5.91 Å². The van der Waals surface area contributed by atoms with Crippen molar-refractivity contribution in [3.05, 3.63) is 65.2 Å². The highest BCUT2D eigenvalue weighted by molar-refractivity contribution is 6.08. The van der Waals surface area contributed by atoms with E-state index in [2.05, 4.69) is 30.0 Å². The predicted octanol–water partition coefficient (Wildman–Crippen LogP) is 2.67. The number of ether oxygens (including phenoxy) is 1. The zero-order chi connectivity index (χ0) is 22.4. The van der Waals surface area contributed by atoms with E-state index < -0.39 is 0 Å².